The molecule has 4 fully saturated rings. The SMILES string of the molecule is O=CC(n1ccnc1)C12CC3CC(CC(C3)C1)C2. The van der Waals surface area contributed by atoms with E-state index in [-0.39, 0.29) is 11.5 Å². The highest BCUT2D eigenvalue weighted by molar-refractivity contribution is 5.58. The summed E-state index contributed by atoms with van der Waals surface area (Å²) in [5.41, 5.74) is 0.247. The zero-order valence-electron chi connectivity index (χ0n) is 10.7. The number of carbonyl (C=O) groups excluding carboxylic acids is 1. The number of carbonyl (C=O) groups is 1. The second-order valence-electron chi connectivity index (χ2n) is 6.87. The average Bonchev–Trinajstić information content (AvgIpc) is 2.81. The highest BCUT2D eigenvalue weighted by Gasteiger charge is 2.54. The molecule has 0 spiro atoms. The summed E-state index contributed by atoms with van der Waals surface area (Å²) in [7, 11) is 0. The van der Waals surface area contributed by atoms with Gasteiger partial charge in [-0.2, -0.15) is 0 Å². The van der Waals surface area contributed by atoms with Gasteiger partial charge in [0.05, 0.1) is 12.4 Å². The molecule has 1 unspecified atom stereocenters. The molecule has 0 amide bonds. The van der Waals surface area contributed by atoms with Gasteiger partial charge in [0.15, 0.2) is 0 Å². The normalized spacial score (nSPS) is 43.0. The van der Waals surface area contributed by atoms with Crippen molar-refractivity contribution in [3.63, 3.8) is 0 Å². The smallest absolute Gasteiger partial charge is 0.143 e. The maximum absolute atomic E-state index is 11.7. The molecule has 3 nitrogen and oxygen atoms in total. The van der Waals surface area contributed by atoms with E-state index in [0.29, 0.717) is 0 Å². The molecule has 96 valence electrons. The molecule has 0 radical (unpaired) electrons. The largest absolute Gasteiger partial charge is 0.327 e. The van der Waals surface area contributed by atoms with E-state index in [0.717, 1.165) is 17.8 Å². The summed E-state index contributed by atoms with van der Waals surface area (Å²) >= 11 is 0. The van der Waals surface area contributed by atoms with Crippen LogP contribution in [-0.2, 0) is 4.79 Å². The number of aldehydes is 1. The second kappa shape index (κ2) is 3.69. The van der Waals surface area contributed by atoms with E-state index in [2.05, 4.69) is 4.98 Å². The molecule has 18 heavy (non-hydrogen) atoms. The molecule has 4 saturated carbocycles. The van der Waals surface area contributed by atoms with Gasteiger partial charge in [-0.1, -0.05) is 0 Å². The second-order valence-corrected chi connectivity index (χ2v) is 6.87. The summed E-state index contributed by atoms with van der Waals surface area (Å²) in [6.45, 7) is 0. The number of imidazole rings is 1. The number of nitrogens with zero attached hydrogens (tertiary/aromatic N) is 2. The monoisotopic (exact) mass is 244 g/mol. The van der Waals surface area contributed by atoms with Crippen molar-refractivity contribution in [2.24, 2.45) is 23.2 Å². The van der Waals surface area contributed by atoms with Crippen LogP contribution >= 0.6 is 0 Å². The van der Waals surface area contributed by atoms with Gasteiger partial charge in [-0.25, -0.2) is 4.98 Å². The van der Waals surface area contributed by atoms with Crippen molar-refractivity contribution in [3.05, 3.63) is 18.7 Å². The van der Waals surface area contributed by atoms with Crippen molar-refractivity contribution in [2.45, 2.75) is 44.6 Å². The molecular weight excluding hydrogens is 224 g/mol. The number of hydrogen-bond acceptors (Lipinski definition) is 2. The summed E-state index contributed by atoms with van der Waals surface area (Å²) in [6.07, 6.45) is 14.8. The van der Waals surface area contributed by atoms with E-state index in [1.165, 1.54) is 44.8 Å². The molecular formula is C15H20N2O. The van der Waals surface area contributed by atoms with Gasteiger partial charge in [-0.15, -0.1) is 0 Å². The Balaban J connectivity index is 1.72. The van der Waals surface area contributed by atoms with Crippen molar-refractivity contribution in [1.82, 2.24) is 9.55 Å². The van der Waals surface area contributed by atoms with Crippen molar-refractivity contribution in [3.8, 4) is 0 Å². The van der Waals surface area contributed by atoms with E-state index >= 15 is 0 Å². The summed E-state index contributed by atoms with van der Waals surface area (Å²) in [5.74, 6) is 2.67. The lowest BCUT2D eigenvalue weighted by Gasteiger charge is -2.58. The molecule has 1 aromatic heterocycles. The van der Waals surface area contributed by atoms with Gasteiger partial charge in [-0.3, -0.25) is 0 Å². The van der Waals surface area contributed by atoms with Crippen LogP contribution in [-0.4, -0.2) is 15.8 Å². The first-order valence-electron chi connectivity index (χ1n) is 7.22. The molecule has 5 rings (SSSR count). The number of aromatic nitrogens is 2. The van der Waals surface area contributed by atoms with Crippen LogP contribution in [0.2, 0.25) is 0 Å². The lowest BCUT2D eigenvalue weighted by atomic mass is 9.48. The number of rotatable bonds is 3. The minimum atomic E-state index is 0.0217. The van der Waals surface area contributed by atoms with Crippen LogP contribution in [0.1, 0.15) is 44.6 Å². The molecule has 1 atom stereocenters. The van der Waals surface area contributed by atoms with E-state index < -0.39 is 0 Å². The maximum Gasteiger partial charge on any atom is 0.143 e. The Morgan fingerprint density at radius 1 is 1.17 bits per heavy atom. The van der Waals surface area contributed by atoms with Gasteiger partial charge >= 0.3 is 0 Å². The fourth-order valence-electron chi connectivity index (χ4n) is 5.50. The van der Waals surface area contributed by atoms with Crippen LogP contribution in [0.5, 0.6) is 0 Å². The van der Waals surface area contributed by atoms with E-state index in [1.54, 1.807) is 6.20 Å². The maximum atomic E-state index is 11.7. The minimum Gasteiger partial charge on any atom is -0.327 e. The van der Waals surface area contributed by atoms with Gasteiger partial charge in [-0.05, 0) is 61.7 Å². The van der Waals surface area contributed by atoms with Gasteiger partial charge < -0.3 is 9.36 Å². The van der Waals surface area contributed by atoms with Crippen LogP contribution in [0, 0.1) is 23.2 Å². The Morgan fingerprint density at radius 3 is 2.22 bits per heavy atom. The summed E-state index contributed by atoms with van der Waals surface area (Å²) in [6, 6.07) is 0.0217. The first-order valence-corrected chi connectivity index (χ1v) is 7.22. The van der Waals surface area contributed by atoms with Gasteiger partial charge in [0.25, 0.3) is 0 Å². The molecule has 4 aliphatic carbocycles. The minimum absolute atomic E-state index is 0.0217. The summed E-state index contributed by atoms with van der Waals surface area (Å²) in [4.78, 5) is 15.8. The fourth-order valence-corrected chi connectivity index (χ4v) is 5.50. The van der Waals surface area contributed by atoms with Crippen LogP contribution < -0.4 is 0 Å². The van der Waals surface area contributed by atoms with E-state index in [1.807, 2.05) is 17.1 Å². The summed E-state index contributed by atoms with van der Waals surface area (Å²) in [5, 5.41) is 0. The fraction of sp³-hybridized carbons (Fsp3) is 0.733. The first-order chi connectivity index (χ1) is 8.79. The Morgan fingerprint density at radius 2 is 1.78 bits per heavy atom. The van der Waals surface area contributed by atoms with Crippen molar-refractivity contribution >= 4 is 6.29 Å². The zero-order valence-corrected chi connectivity index (χ0v) is 10.7. The van der Waals surface area contributed by atoms with Crippen LogP contribution in [0.4, 0.5) is 0 Å². The third-order valence-corrected chi connectivity index (χ3v) is 5.69. The molecule has 0 saturated heterocycles. The molecule has 0 N–H and O–H groups in total. The Bertz CT molecular complexity index is 416. The first kappa shape index (κ1) is 10.8. The van der Waals surface area contributed by atoms with Crippen molar-refractivity contribution in [1.29, 1.82) is 0 Å². The predicted molar refractivity (Wildman–Crippen MR) is 67.9 cm³/mol. The topological polar surface area (TPSA) is 34.9 Å². The van der Waals surface area contributed by atoms with E-state index in [9.17, 15) is 4.79 Å². The quantitative estimate of drug-likeness (QED) is 0.766. The highest BCUT2D eigenvalue weighted by atomic mass is 16.1. The van der Waals surface area contributed by atoms with Crippen molar-refractivity contribution in [2.75, 3.05) is 0 Å². The van der Waals surface area contributed by atoms with Crippen LogP contribution in [0.25, 0.3) is 0 Å². The number of hydrogen-bond donors (Lipinski definition) is 0. The predicted octanol–water partition coefficient (Wildman–Crippen LogP) is 2.84. The molecule has 3 heteroatoms. The van der Waals surface area contributed by atoms with E-state index in [4.69, 9.17) is 0 Å². The molecule has 4 bridgehead atoms. The Labute approximate surface area is 108 Å². The standard InChI is InChI=1S/C15H20N2O/c18-9-14(17-2-1-16-10-17)15-6-11-3-12(7-15)5-13(4-11)8-15/h1-2,9-14H,3-8H2. The lowest BCUT2D eigenvalue weighted by molar-refractivity contribution is -0.125. The lowest BCUT2D eigenvalue weighted by Crippen LogP contribution is -2.50. The van der Waals surface area contributed by atoms with Gasteiger partial charge in [0, 0.05) is 12.4 Å². The zero-order chi connectivity index (χ0) is 12.2. The molecule has 0 aliphatic heterocycles. The third kappa shape index (κ3) is 1.42. The molecule has 1 aromatic rings. The molecule has 4 aliphatic rings. The summed E-state index contributed by atoms with van der Waals surface area (Å²) < 4.78 is 2.04. The van der Waals surface area contributed by atoms with Crippen LogP contribution in [0.15, 0.2) is 18.7 Å². The van der Waals surface area contributed by atoms with Crippen molar-refractivity contribution < 1.29 is 4.79 Å². The average molecular weight is 244 g/mol. The molecule has 1 heterocycles. The van der Waals surface area contributed by atoms with Crippen LogP contribution in [0.3, 0.4) is 0 Å². The van der Waals surface area contributed by atoms with Gasteiger partial charge in [0.1, 0.15) is 6.29 Å². The Hall–Kier alpha value is -1.12. The highest BCUT2D eigenvalue weighted by Crippen LogP contribution is 2.63. The Kier molecular flexibility index (Phi) is 2.21. The molecule has 0 aromatic carbocycles. The third-order valence-electron chi connectivity index (χ3n) is 5.69. The van der Waals surface area contributed by atoms with Gasteiger partial charge in [0.2, 0.25) is 0 Å².